The third kappa shape index (κ3) is 8.97. The van der Waals surface area contributed by atoms with E-state index in [0.29, 0.717) is 37.8 Å². The van der Waals surface area contributed by atoms with E-state index in [4.69, 9.17) is 9.84 Å². The number of benzene rings is 1. The predicted octanol–water partition coefficient (Wildman–Crippen LogP) is 4.93. The molecule has 168 valence electrons. The number of ketones is 1. The SMILES string of the molecule is CCOCc1cccc(C[C@@H](O)CC[C@H]2CCC(=O)[C@@H]2CCCCCCC(=O)O)c1. The molecule has 3 atom stereocenters. The highest BCUT2D eigenvalue weighted by molar-refractivity contribution is 5.83. The minimum absolute atomic E-state index is 0.131. The van der Waals surface area contributed by atoms with E-state index in [0.717, 1.165) is 62.5 Å². The Morgan fingerprint density at radius 2 is 1.93 bits per heavy atom. The zero-order valence-corrected chi connectivity index (χ0v) is 18.4. The van der Waals surface area contributed by atoms with E-state index < -0.39 is 5.97 Å². The van der Waals surface area contributed by atoms with Gasteiger partial charge in [0.25, 0.3) is 0 Å². The lowest BCUT2D eigenvalue weighted by Gasteiger charge is -2.20. The van der Waals surface area contributed by atoms with Crippen LogP contribution in [0, 0.1) is 11.8 Å². The van der Waals surface area contributed by atoms with Crippen molar-refractivity contribution in [3.63, 3.8) is 0 Å². The Hall–Kier alpha value is -1.72. The number of unbranched alkanes of at least 4 members (excludes halogenated alkanes) is 3. The molecule has 1 aromatic rings. The number of hydrogen-bond acceptors (Lipinski definition) is 4. The number of ether oxygens (including phenoxy) is 1. The first-order chi connectivity index (χ1) is 14.5. The number of carbonyl (C=O) groups is 2. The summed E-state index contributed by atoms with van der Waals surface area (Å²) in [6, 6.07) is 8.20. The number of rotatable bonds is 15. The van der Waals surface area contributed by atoms with Gasteiger partial charge in [0.15, 0.2) is 0 Å². The molecule has 0 radical (unpaired) electrons. The Morgan fingerprint density at radius 1 is 1.17 bits per heavy atom. The first-order valence-electron chi connectivity index (χ1n) is 11.6. The summed E-state index contributed by atoms with van der Waals surface area (Å²) in [6.07, 6.45) is 8.24. The molecule has 0 aromatic heterocycles. The van der Waals surface area contributed by atoms with Gasteiger partial charge in [-0.15, -0.1) is 0 Å². The molecule has 1 saturated carbocycles. The zero-order chi connectivity index (χ0) is 21.8. The van der Waals surface area contributed by atoms with Crippen LogP contribution in [0.3, 0.4) is 0 Å². The number of carboxylic acid groups (broad SMARTS) is 1. The number of aliphatic hydroxyl groups is 1. The lowest BCUT2D eigenvalue weighted by atomic mass is 9.85. The van der Waals surface area contributed by atoms with Crippen molar-refractivity contribution in [1.82, 2.24) is 0 Å². The van der Waals surface area contributed by atoms with Gasteiger partial charge in [0.05, 0.1) is 12.7 Å². The third-order valence-corrected chi connectivity index (χ3v) is 6.21. The van der Waals surface area contributed by atoms with Crippen LogP contribution < -0.4 is 0 Å². The Morgan fingerprint density at radius 3 is 2.70 bits per heavy atom. The van der Waals surface area contributed by atoms with Crippen molar-refractivity contribution < 1.29 is 24.5 Å². The normalized spacial score (nSPS) is 19.9. The van der Waals surface area contributed by atoms with Crippen LogP contribution in [0.15, 0.2) is 24.3 Å². The molecule has 2 N–H and O–H groups in total. The van der Waals surface area contributed by atoms with Gasteiger partial charge in [-0.2, -0.15) is 0 Å². The topological polar surface area (TPSA) is 83.8 Å². The van der Waals surface area contributed by atoms with Crippen LogP contribution in [0.2, 0.25) is 0 Å². The first kappa shape index (κ1) is 24.5. The Bertz CT molecular complexity index is 657. The quantitative estimate of drug-likeness (QED) is 0.395. The molecule has 0 heterocycles. The van der Waals surface area contributed by atoms with Crippen LogP contribution in [-0.2, 0) is 27.4 Å². The maximum Gasteiger partial charge on any atom is 0.303 e. The summed E-state index contributed by atoms with van der Waals surface area (Å²) in [5, 5.41) is 19.2. The number of aliphatic carboxylic acids is 1. The summed E-state index contributed by atoms with van der Waals surface area (Å²) >= 11 is 0. The van der Waals surface area contributed by atoms with E-state index in [1.54, 1.807) is 0 Å². The van der Waals surface area contributed by atoms with Gasteiger partial charge in [0.1, 0.15) is 5.78 Å². The van der Waals surface area contributed by atoms with Crippen molar-refractivity contribution in [2.24, 2.45) is 11.8 Å². The number of Topliss-reactive ketones (excluding diaryl/α,β-unsaturated/α-hetero) is 1. The molecule has 5 nitrogen and oxygen atoms in total. The van der Waals surface area contributed by atoms with Gasteiger partial charge in [-0.05, 0) is 62.5 Å². The Balaban J connectivity index is 1.71. The Labute approximate surface area is 180 Å². The summed E-state index contributed by atoms with van der Waals surface area (Å²) in [5.41, 5.74) is 2.26. The number of aliphatic hydroxyl groups excluding tert-OH is 1. The zero-order valence-electron chi connectivity index (χ0n) is 18.4. The van der Waals surface area contributed by atoms with Gasteiger partial charge >= 0.3 is 5.97 Å². The van der Waals surface area contributed by atoms with Crippen LogP contribution in [-0.4, -0.2) is 34.7 Å². The molecule has 5 heteroatoms. The molecule has 1 aliphatic carbocycles. The second kappa shape index (κ2) is 13.6. The molecule has 1 fully saturated rings. The van der Waals surface area contributed by atoms with Crippen molar-refractivity contribution in [3.05, 3.63) is 35.4 Å². The Kier molecular flexibility index (Phi) is 11.1. The van der Waals surface area contributed by atoms with Crippen molar-refractivity contribution in [2.45, 2.75) is 90.3 Å². The van der Waals surface area contributed by atoms with Crippen LogP contribution >= 0.6 is 0 Å². The fraction of sp³-hybridized carbons (Fsp3) is 0.680. The van der Waals surface area contributed by atoms with E-state index in [2.05, 4.69) is 6.07 Å². The van der Waals surface area contributed by atoms with Crippen LogP contribution in [0.1, 0.15) is 82.3 Å². The van der Waals surface area contributed by atoms with Crippen molar-refractivity contribution in [2.75, 3.05) is 6.61 Å². The average molecular weight is 419 g/mol. The smallest absolute Gasteiger partial charge is 0.303 e. The molecule has 0 amide bonds. The fourth-order valence-corrected chi connectivity index (χ4v) is 4.56. The minimum Gasteiger partial charge on any atom is -0.481 e. The largest absolute Gasteiger partial charge is 0.481 e. The van der Waals surface area contributed by atoms with Gasteiger partial charge in [0.2, 0.25) is 0 Å². The molecule has 0 saturated heterocycles. The molecule has 1 aromatic carbocycles. The van der Waals surface area contributed by atoms with Crippen molar-refractivity contribution >= 4 is 11.8 Å². The monoisotopic (exact) mass is 418 g/mol. The highest BCUT2D eigenvalue weighted by atomic mass is 16.5. The highest BCUT2D eigenvalue weighted by Gasteiger charge is 2.33. The standard InChI is InChI=1S/C25H38O5/c1-2-30-18-20-9-7-8-19(16-20)17-22(26)14-12-21-13-15-24(27)23(21)10-5-3-4-6-11-25(28)29/h7-9,16,21-23,26H,2-6,10-15,17-18H2,1H3,(H,28,29)/t21-,22-,23+/m0/s1. The van der Waals surface area contributed by atoms with E-state index in [1.165, 1.54) is 0 Å². The predicted molar refractivity (Wildman–Crippen MR) is 117 cm³/mol. The molecule has 0 bridgehead atoms. The fourth-order valence-electron chi connectivity index (χ4n) is 4.56. The second-order valence-corrected chi connectivity index (χ2v) is 8.61. The van der Waals surface area contributed by atoms with E-state index in [9.17, 15) is 14.7 Å². The van der Waals surface area contributed by atoms with E-state index in [-0.39, 0.29) is 18.4 Å². The van der Waals surface area contributed by atoms with Gasteiger partial charge in [0, 0.05) is 25.4 Å². The third-order valence-electron chi connectivity index (χ3n) is 6.21. The second-order valence-electron chi connectivity index (χ2n) is 8.61. The van der Waals surface area contributed by atoms with Crippen molar-refractivity contribution in [1.29, 1.82) is 0 Å². The lowest BCUT2D eigenvalue weighted by Crippen LogP contribution is -2.18. The van der Waals surface area contributed by atoms with Crippen LogP contribution in [0.4, 0.5) is 0 Å². The maximum atomic E-state index is 12.3. The molecule has 0 aliphatic heterocycles. The molecule has 2 rings (SSSR count). The van der Waals surface area contributed by atoms with E-state index in [1.807, 2.05) is 25.1 Å². The molecule has 0 spiro atoms. The molecule has 0 unspecified atom stereocenters. The summed E-state index contributed by atoms with van der Waals surface area (Å²) in [7, 11) is 0. The van der Waals surface area contributed by atoms with Gasteiger partial charge < -0.3 is 14.9 Å². The summed E-state index contributed by atoms with van der Waals surface area (Å²) in [4.78, 5) is 22.9. The van der Waals surface area contributed by atoms with Gasteiger partial charge in [-0.1, -0.05) is 43.5 Å². The highest BCUT2D eigenvalue weighted by Crippen LogP contribution is 2.36. The number of carboxylic acids is 1. The molecule has 30 heavy (non-hydrogen) atoms. The summed E-state index contributed by atoms with van der Waals surface area (Å²) in [6.45, 7) is 3.27. The van der Waals surface area contributed by atoms with Crippen molar-refractivity contribution in [3.8, 4) is 0 Å². The lowest BCUT2D eigenvalue weighted by molar-refractivity contribution is -0.137. The minimum atomic E-state index is -0.736. The molecular formula is C25H38O5. The number of carbonyl (C=O) groups excluding carboxylic acids is 1. The summed E-state index contributed by atoms with van der Waals surface area (Å²) < 4.78 is 5.46. The van der Waals surface area contributed by atoms with Crippen LogP contribution in [0.25, 0.3) is 0 Å². The van der Waals surface area contributed by atoms with E-state index >= 15 is 0 Å². The summed E-state index contributed by atoms with van der Waals surface area (Å²) in [5.74, 6) is 0.158. The van der Waals surface area contributed by atoms with Crippen LogP contribution in [0.5, 0.6) is 0 Å². The molecule has 1 aliphatic rings. The molecular weight excluding hydrogens is 380 g/mol. The maximum absolute atomic E-state index is 12.3. The first-order valence-corrected chi connectivity index (χ1v) is 11.6. The van der Waals surface area contributed by atoms with Gasteiger partial charge in [-0.25, -0.2) is 0 Å². The van der Waals surface area contributed by atoms with Gasteiger partial charge in [-0.3, -0.25) is 9.59 Å². The average Bonchev–Trinajstić information content (AvgIpc) is 3.07. The number of hydrogen-bond donors (Lipinski definition) is 2.